The van der Waals surface area contributed by atoms with Gasteiger partial charge in [-0.25, -0.2) is 4.79 Å². The van der Waals surface area contributed by atoms with Crippen molar-refractivity contribution in [1.82, 2.24) is 10.6 Å². The molecule has 8 heteroatoms. The Bertz CT molecular complexity index is 929. The largest absolute Gasteiger partial charge is 0.467 e. The molecule has 3 amide bonds. The van der Waals surface area contributed by atoms with Gasteiger partial charge in [0.05, 0.1) is 24.8 Å². The Morgan fingerprint density at radius 3 is 2.48 bits per heavy atom. The Balaban J connectivity index is 1.67. The molecule has 2 aromatic carbocycles. The van der Waals surface area contributed by atoms with Crippen molar-refractivity contribution in [2.24, 2.45) is 0 Å². The quantitative estimate of drug-likeness (QED) is 0.632. The topological polar surface area (TPSA) is 114 Å². The number of benzene rings is 2. The highest BCUT2D eigenvalue weighted by atomic mass is 16.5. The fourth-order valence-corrected chi connectivity index (χ4v) is 3.08. The summed E-state index contributed by atoms with van der Waals surface area (Å²) in [6.45, 7) is 0. The summed E-state index contributed by atoms with van der Waals surface area (Å²) in [5, 5.41) is 7.79. The summed E-state index contributed by atoms with van der Waals surface area (Å²) in [4.78, 5) is 49.4. The monoisotopic (exact) mass is 395 g/mol. The highest BCUT2D eigenvalue weighted by molar-refractivity contribution is 6.10. The number of ether oxygens (including phenoxy) is 1. The fraction of sp³-hybridized carbons (Fsp3) is 0.238. The Labute approximate surface area is 167 Å². The van der Waals surface area contributed by atoms with E-state index in [9.17, 15) is 19.2 Å². The number of para-hydroxylation sites is 1. The van der Waals surface area contributed by atoms with Crippen molar-refractivity contribution >= 4 is 29.4 Å². The lowest BCUT2D eigenvalue weighted by Crippen LogP contribution is -2.48. The van der Waals surface area contributed by atoms with E-state index in [1.54, 1.807) is 24.3 Å². The van der Waals surface area contributed by atoms with E-state index in [1.807, 2.05) is 30.3 Å². The Hall–Kier alpha value is -3.68. The number of rotatable bonds is 6. The van der Waals surface area contributed by atoms with Crippen LogP contribution in [-0.2, 0) is 25.5 Å². The van der Waals surface area contributed by atoms with Crippen molar-refractivity contribution in [2.45, 2.75) is 24.9 Å². The van der Waals surface area contributed by atoms with E-state index in [0.717, 1.165) is 5.56 Å². The van der Waals surface area contributed by atoms with Gasteiger partial charge in [-0.1, -0.05) is 42.5 Å². The van der Waals surface area contributed by atoms with Crippen LogP contribution in [0.4, 0.5) is 5.69 Å². The minimum Gasteiger partial charge on any atom is -0.467 e. The maximum absolute atomic E-state index is 12.5. The van der Waals surface area contributed by atoms with Crippen LogP contribution < -0.4 is 16.0 Å². The molecule has 0 spiro atoms. The van der Waals surface area contributed by atoms with Crippen molar-refractivity contribution in [3.05, 3.63) is 65.7 Å². The fourth-order valence-electron chi connectivity index (χ4n) is 3.08. The molecule has 3 rings (SSSR count). The van der Waals surface area contributed by atoms with Gasteiger partial charge >= 0.3 is 5.97 Å². The van der Waals surface area contributed by atoms with Gasteiger partial charge in [0.2, 0.25) is 11.8 Å². The maximum Gasteiger partial charge on any atom is 0.328 e. The van der Waals surface area contributed by atoms with Gasteiger partial charge in [-0.05, 0) is 17.7 Å². The first-order valence-electron chi connectivity index (χ1n) is 9.10. The lowest BCUT2D eigenvalue weighted by molar-refractivity contribution is -0.145. The lowest BCUT2D eigenvalue weighted by atomic mass is 10.1. The van der Waals surface area contributed by atoms with E-state index in [2.05, 4.69) is 16.0 Å². The first-order valence-corrected chi connectivity index (χ1v) is 9.10. The second-order valence-electron chi connectivity index (χ2n) is 6.60. The molecule has 0 aromatic heterocycles. The van der Waals surface area contributed by atoms with Crippen molar-refractivity contribution in [3.8, 4) is 0 Å². The maximum atomic E-state index is 12.5. The van der Waals surface area contributed by atoms with Crippen LogP contribution in [0.2, 0.25) is 0 Å². The molecule has 1 aliphatic heterocycles. The Kier molecular flexibility index (Phi) is 6.23. The number of methoxy groups -OCH3 is 1. The molecule has 150 valence electrons. The summed E-state index contributed by atoms with van der Waals surface area (Å²) in [5.41, 5.74) is 1.55. The molecular weight excluding hydrogens is 374 g/mol. The Morgan fingerprint density at radius 2 is 1.76 bits per heavy atom. The summed E-state index contributed by atoms with van der Waals surface area (Å²) in [6, 6.07) is 13.8. The van der Waals surface area contributed by atoms with Crippen LogP contribution >= 0.6 is 0 Å². The zero-order valence-electron chi connectivity index (χ0n) is 15.8. The summed E-state index contributed by atoms with van der Waals surface area (Å²) in [7, 11) is 1.24. The third kappa shape index (κ3) is 4.98. The van der Waals surface area contributed by atoms with Gasteiger partial charge in [0.1, 0.15) is 12.1 Å². The zero-order chi connectivity index (χ0) is 20.8. The van der Waals surface area contributed by atoms with Crippen LogP contribution in [0.5, 0.6) is 0 Å². The van der Waals surface area contributed by atoms with Crippen LogP contribution in [0.3, 0.4) is 0 Å². The van der Waals surface area contributed by atoms with Crippen molar-refractivity contribution in [3.63, 3.8) is 0 Å². The van der Waals surface area contributed by atoms with Crippen molar-refractivity contribution in [1.29, 1.82) is 0 Å². The number of amides is 3. The number of carbonyl (C=O) groups excluding carboxylic acids is 4. The minimum atomic E-state index is -1.06. The van der Waals surface area contributed by atoms with Gasteiger partial charge in [-0.15, -0.1) is 0 Å². The molecule has 1 heterocycles. The summed E-state index contributed by atoms with van der Waals surface area (Å²) >= 11 is 0. The van der Waals surface area contributed by atoms with E-state index >= 15 is 0 Å². The van der Waals surface area contributed by atoms with Gasteiger partial charge in [-0.3, -0.25) is 14.4 Å². The first kappa shape index (κ1) is 20.1. The number of fused-ring (bicyclic) bond motifs is 1. The molecule has 3 N–H and O–H groups in total. The van der Waals surface area contributed by atoms with Crippen LogP contribution in [-0.4, -0.2) is 42.9 Å². The molecule has 0 unspecified atom stereocenters. The minimum absolute atomic E-state index is 0.244. The number of anilines is 1. The predicted octanol–water partition coefficient (Wildman–Crippen LogP) is 1.03. The van der Waals surface area contributed by atoms with Crippen molar-refractivity contribution < 1.29 is 23.9 Å². The number of esters is 1. The molecule has 2 aromatic rings. The van der Waals surface area contributed by atoms with Gasteiger partial charge in [0.15, 0.2) is 0 Å². The molecular formula is C21H21N3O5. The van der Waals surface area contributed by atoms with Crippen LogP contribution in [0.1, 0.15) is 22.3 Å². The molecule has 2 atom stereocenters. The smallest absolute Gasteiger partial charge is 0.328 e. The molecule has 0 aliphatic carbocycles. The highest BCUT2D eigenvalue weighted by Gasteiger charge is 2.31. The van der Waals surface area contributed by atoms with E-state index < -0.39 is 35.8 Å². The molecule has 0 bridgehead atoms. The summed E-state index contributed by atoms with van der Waals surface area (Å²) < 4.78 is 4.77. The average Bonchev–Trinajstić information content (AvgIpc) is 2.84. The molecule has 0 saturated carbocycles. The molecule has 0 saturated heterocycles. The number of carbonyl (C=O) groups is 4. The van der Waals surface area contributed by atoms with E-state index in [1.165, 1.54) is 7.11 Å². The first-order chi connectivity index (χ1) is 14.0. The normalized spacial score (nSPS) is 16.5. The molecule has 0 fully saturated rings. The molecule has 0 radical (unpaired) electrons. The number of hydrogen-bond acceptors (Lipinski definition) is 5. The van der Waals surface area contributed by atoms with Gasteiger partial charge in [0, 0.05) is 6.42 Å². The second-order valence-corrected chi connectivity index (χ2v) is 6.60. The van der Waals surface area contributed by atoms with Crippen molar-refractivity contribution in [2.75, 3.05) is 12.4 Å². The zero-order valence-corrected chi connectivity index (χ0v) is 15.8. The average molecular weight is 395 g/mol. The van der Waals surface area contributed by atoms with Gasteiger partial charge in [0.25, 0.3) is 5.91 Å². The SMILES string of the molecule is COC(=O)[C@H](Cc1ccccc1)NC(=O)C[C@H]1NC(=O)c2ccccc2NC1=O. The lowest BCUT2D eigenvalue weighted by Gasteiger charge is -2.19. The molecule has 8 nitrogen and oxygen atoms in total. The van der Waals surface area contributed by atoms with E-state index in [0.29, 0.717) is 11.3 Å². The summed E-state index contributed by atoms with van der Waals surface area (Å²) in [6.07, 6.45) is -0.0677. The second kappa shape index (κ2) is 9.01. The standard InChI is InChI=1S/C21H21N3O5/c1-29-21(28)17(11-13-7-3-2-4-8-13)22-18(25)12-16-20(27)23-15-10-6-5-9-14(15)19(26)24-16/h2-10,16-17H,11-12H2,1H3,(H,22,25)(H,23,27)(H,24,26)/t16-,17+/m1/s1. The predicted molar refractivity (Wildman–Crippen MR) is 105 cm³/mol. The van der Waals surface area contributed by atoms with Crippen LogP contribution in [0.25, 0.3) is 0 Å². The number of hydrogen-bond donors (Lipinski definition) is 3. The number of nitrogens with one attached hydrogen (secondary N) is 3. The third-order valence-electron chi connectivity index (χ3n) is 4.54. The summed E-state index contributed by atoms with van der Waals surface area (Å²) in [5.74, 6) is -2.10. The Morgan fingerprint density at radius 1 is 1.07 bits per heavy atom. The molecule has 29 heavy (non-hydrogen) atoms. The molecule has 1 aliphatic rings. The van der Waals surface area contributed by atoms with E-state index in [-0.39, 0.29) is 12.8 Å². The van der Waals surface area contributed by atoms with Gasteiger partial charge < -0.3 is 20.7 Å². The van der Waals surface area contributed by atoms with Crippen LogP contribution in [0.15, 0.2) is 54.6 Å². The third-order valence-corrected chi connectivity index (χ3v) is 4.54. The van der Waals surface area contributed by atoms with Gasteiger partial charge in [-0.2, -0.15) is 0 Å². The van der Waals surface area contributed by atoms with E-state index in [4.69, 9.17) is 4.74 Å². The highest BCUT2D eigenvalue weighted by Crippen LogP contribution is 2.18. The van der Waals surface area contributed by atoms with Crippen LogP contribution in [0, 0.1) is 0 Å².